The van der Waals surface area contributed by atoms with Crippen molar-refractivity contribution >= 4 is 5.91 Å². The van der Waals surface area contributed by atoms with Crippen LogP contribution in [0.4, 0.5) is 0 Å². The maximum absolute atomic E-state index is 12.2. The first-order chi connectivity index (χ1) is 8.72. The predicted octanol–water partition coefficient (Wildman–Crippen LogP) is 2.06. The van der Waals surface area contributed by atoms with Crippen LogP contribution in [0.25, 0.3) is 0 Å². The lowest BCUT2D eigenvalue weighted by Gasteiger charge is -2.20. The summed E-state index contributed by atoms with van der Waals surface area (Å²) in [6, 6.07) is 8.72. The largest absolute Gasteiger partial charge is 0.380 e. The lowest BCUT2D eigenvalue weighted by molar-refractivity contribution is 0.0669. The zero-order valence-electron chi connectivity index (χ0n) is 10.8. The third-order valence-corrected chi connectivity index (χ3v) is 2.64. The number of carbonyl (C=O) groups is 1. The van der Waals surface area contributed by atoms with Crippen LogP contribution in [-0.2, 0) is 4.74 Å². The van der Waals surface area contributed by atoms with Crippen molar-refractivity contribution in [1.82, 2.24) is 4.90 Å². The molecule has 1 rings (SSSR count). The van der Waals surface area contributed by atoms with Gasteiger partial charge in [0.2, 0.25) is 0 Å². The van der Waals surface area contributed by atoms with Gasteiger partial charge in [-0.05, 0) is 38.1 Å². The van der Waals surface area contributed by atoms with Gasteiger partial charge in [0.1, 0.15) is 0 Å². The molecular formula is C14H18N2O2. The molecule has 1 aromatic carbocycles. The summed E-state index contributed by atoms with van der Waals surface area (Å²) in [6.45, 7) is 6.30. The average molecular weight is 246 g/mol. The van der Waals surface area contributed by atoms with E-state index in [4.69, 9.17) is 10.00 Å². The summed E-state index contributed by atoms with van der Waals surface area (Å²) in [5, 5.41) is 8.70. The van der Waals surface area contributed by atoms with E-state index in [0.717, 1.165) is 0 Å². The molecule has 0 radical (unpaired) electrons. The summed E-state index contributed by atoms with van der Waals surface area (Å²) < 4.78 is 5.25. The van der Waals surface area contributed by atoms with Crippen molar-refractivity contribution in [2.45, 2.75) is 13.8 Å². The lowest BCUT2D eigenvalue weighted by atomic mass is 10.1. The highest BCUT2D eigenvalue weighted by atomic mass is 16.5. The summed E-state index contributed by atoms with van der Waals surface area (Å²) in [5.74, 6) is -0.0262. The molecule has 4 nitrogen and oxygen atoms in total. The van der Waals surface area contributed by atoms with Crippen molar-refractivity contribution in [2.24, 2.45) is 0 Å². The van der Waals surface area contributed by atoms with Gasteiger partial charge >= 0.3 is 0 Å². The van der Waals surface area contributed by atoms with E-state index in [9.17, 15) is 4.79 Å². The van der Waals surface area contributed by atoms with E-state index in [1.54, 1.807) is 29.2 Å². The monoisotopic (exact) mass is 246 g/mol. The Morgan fingerprint density at radius 2 is 2.00 bits per heavy atom. The molecule has 1 amide bonds. The Kier molecular flexibility index (Phi) is 5.89. The molecule has 4 heteroatoms. The van der Waals surface area contributed by atoms with E-state index in [-0.39, 0.29) is 5.91 Å². The van der Waals surface area contributed by atoms with Gasteiger partial charge in [-0.2, -0.15) is 5.26 Å². The highest BCUT2D eigenvalue weighted by molar-refractivity contribution is 5.94. The molecule has 0 aromatic heterocycles. The minimum atomic E-state index is -0.0262. The van der Waals surface area contributed by atoms with Gasteiger partial charge in [-0.1, -0.05) is 0 Å². The molecule has 0 atom stereocenters. The normalized spacial score (nSPS) is 9.83. The van der Waals surface area contributed by atoms with Crippen LogP contribution in [0.3, 0.4) is 0 Å². The molecule has 0 heterocycles. The molecule has 0 spiro atoms. The average Bonchev–Trinajstić information content (AvgIpc) is 2.43. The van der Waals surface area contributed by atoms with Gasteiger partial charge in [0.05, 0.1) is 18.2 Å². The van der Waals surface area contributed by atoms with Gasteiger partial charge in [-0.3, -0.25) is 4.79 Å². The Morgan fingerprint density at radius 3 is 2.50 bits per heavy atom. The Bertz CT molecular complexity index is 420. The molecule has 96 valence electrons. The second-order valence-corrected chi connectivity index (χ2v) is 3.77. The summed E-state index contributed by atoms with van der Waals surface area (Å²) in [5.41, 5.74) is 1.16. The fourth-order valence-corrected chi connectivity index (χ4v) is 1.59. The number of amides is 1. The van der Waals surface area contributed by atoms with Gasteiger partial charge < -0.3 is 9.64 Å². The van der Waals surface area contributed by atoms with Crippen LogP contribution in [0.1, 0.15) is 29.8 Å². The summed E-state index contributed by atoms with van der Waals surface area (Å²) in [7, 11) is 0. The van der Waals surface area contributed by atoms with Crippen LogP contribution in [-0.4, -0.2) is 37.1 Å². The fraction of sp³-hybridized carbons (Fsp3) is 0.429. The SMILES string of the molecule is CCOCCN(CC)C(=O)c1ccc(C#N)cc1. The third kappa shape index (κ3) is 3.86. The van der Waals surface area contributed by atoms with E-state index in [2.05, 4.69) is 0 Å². The van der Waals surface area contributed by atoms with Crippen LogP contribution in [0.5, 0.6) is 0 Å². The van der Waals surface area contributed by atoms with Crippen molar-refractivity contribution in [1.29, 1.82) is 5.26 Å². The van der Waals surface area contributed by atoms with Crippen LogP contribution in [0.2, 0.25) is 0 Å². The highest BCUT2D eigenvalue weighted by Crippen LogP contribution is 2.07. The Balaban J connectivity index is 2.67. The van der Waals surface area contributed by atoms with E-state index in [1.165, 1.54) is 0 Å². The Labute approximate surface area is 108 Å². The number of rotatable bonds is 6. The molecule has 0 bridgehead atoms. The number of hydrogen-bond donors (Lipinski definition) is 0. The maximum atomic E-state index is 12.2. The zero-order valence-corrected chi connectivity index (χ0v) is 10.8. The molecule has 0 aliphatic heterocycles. The van der Waals surface area contributed by atoms with Crippen LogP contribution < -0.4 is 0 Å². The molecule has 0 saturated carbocycles. The van der Waals surface area contributed by atoms with E-state index in [0.29, 0.717) is 37.4 Å². The fourth-order valence-electron chi connectivity index (χ4n) is 1.59. The van der Waals surface area contributed by atoms with Gasteiger partial charge in [-0.15, -0.1) is 0 Å². The van der Waals surface area contributed by atoms with Crippen LogP contribution >= 0.6 is 0 Å². The highest BCUT2D eigenvalue weighted by Gasteiger charge is 2.13. The van der Waals surface area contributed by atoms with E-state index in [1.807, 2.05) is 19.9 Å². The Hall–Kier alpha value is -1.86. The first-order valence-corrected chi connectivity index (χ1v) is 6.10. The van der Waals surface area contributed by atoms with Crippen molar-refractivity contribution < 1.29 is 9.53 Å². The number of hydrogen-bond acceptors (Lipinski definition) is 3. The van der Waals surface area contributed by atoms with Crippen molar-refractivity contribution in [3.8, 4) is 6.07 Å². The number of nitriles is 1. The number of likely N-dealkylation sites (N-methyl/N-ethyl adjacent to an activating group) is 1. The van der Waals surface area contributed by atoms with Gasteiger partial charge in [0.25, 0.3) is 5.91 Å². The minimum Gasteiger partial charge on any atom is -0.380 e. The minimum absolute atomic E-state index is 0.0262. The maximum Gasteiger partial charge on any atom is 0.253 e. The second kappa shape index (κ2) is 7.46. The molecule has 0 saturated heterocycles. The number of nitrogens with zero attached hydrogens (tertiary/aromatic N) is 2. The number of benzene rings is 1. The first kappa shape index (κ1) is 14.2. The van der Waals surface area contributed by atoms with Crippen molar-refractivity contribution in [2.75, 3.05) is 26.3 Å². The van der Waals surface area contributed by atoms with Crippen molar-refractivity contribution in [3.63, 3.8) is 0 Å². The zero-order chi connectivity index (χ0) is 13.4. The van der Waals surface area contributed by atoms with Gasteiger partial charge in [-0.25, -0.2) is 0 Å². The standard InChI is InChI=1S/C14H18N2O2/c1-3-16(9-10-18-4-2)14(17)13-7-5-12(11-15)6-8-13/h5-8H,3-4,9-10H2,1-2H3. The van der Waals surface area contributed by atoms with Gasteiger partial charge in [0.15, 0.2) is 0 Å². The van der Waals surface area contributed by atoms with E-state index < -0.39 is 0 Å². The topological polar surface area (TPSA) is 53.3 Å². The summed E-state index contributed by atoms with van der Waals surface area (Å²) in [6.07, 6.45) is 0. The first-order valence-electron chi connectivity index (χ1n) is 6.10. The lowest BCUT2D eigenvalue weighted by Crippen LogP contribution is -2.33. The van der Waals surface area contributed by atoms with Gasteiger partial charge in [0, 0.05) is 25.3 Å². The molecule has 0 unspecified atom stereocenters. The molecule has 0 fully saturated rings. The molecule has 0 N–H and O–H groups in total. The molecular weight excluding hydrogens is 228 g/mol. The summed E-state index contributed by atoms with van der Waals surface area (Å²) >= 11 is 0. The molecule has 1 aromatic rings. The van der Waals surface area contributed by atoms with E-state index >= 15 is 0 Å². The molecule has 0 aliphatic rings. The molecule has 0 aliphatic carbocycles. The van der Waals surface area contributed by atoms with Crippen molar-refractivity contribution in [3.05, 3.63) is 35.4 Å². The summed E-state index contributed by atoms with van der Waals surface area (Å²) in [4.78, 5) is 13.9. The smallest absolute Gasteiger partial charge is 0.253 e. The second-order valence-electron chi connectivity index (χ2n) is 3.77. The number of ether oxygens (including phenoxy) is 1. The Morgan fingerprint density at radius 1 is 1.33 bits per heavy atom. The molecule has 18 heavy (non-hydrogen) atoms. The predicted molar refractivity (Wildman–Crippen MR) is 69.2 cm³/mol. The van der Waals surface area contributed by atoms with Crippen LogP contribution in [0.15, 0.2) is 24.3 Å². The quantitative estimate of drug-likeness (QED) is 0.722. The number of carbonyl (C=O) groups excluding carboxylic acids is 1. The third-order valence-electron chi connectivity index (χ3n) is 2.64. The van der Waals surface area contributed by atoms with Crippen LogP contribution in [0, 0.1) is 11.3 Å².